The standard InChI is InChI=1S/C34H41Cl2N5O8S/c1-3-47-31(48-4-2)21-41(26-13-14-26)33(43)28(17-24-11-8-16-37-19-24)39-32(42)29(40-34(44)49-22-23-9-6-5-7-10-23)20-38-50(45,46)30-15-12-25(35)18-27(30)36/h5-12,15-16,18-19,26,28-29,31,38H,3-4,13-14,17,20-22H2,1-2H3,(H,39,42)(H,40,44). The lowest BCUT2D eigenvalue weighted by molar-refractivity contribution is -0.161. The summed E-state index contributed by atoms with van der Waals surface area (Å²) in [4.78, 5) is 46.6. The van der Waals surface area contributed by atoms with Gasteiger partial charge in [-0.2, -0.15) is 0 Å². The second-order valence-electron chi connectivity index (χ2n) is 11.4. The monoisotopic (exact) mass is 749 g/mol. The fraction of sp³-hybridized carbons (Fsp3) is 0.412. The molecule has 1 fully saturated rings. The van der Waals surface area contributed by atoms with Crippen molar-refractivity contribution in [1.29, 1.82) is 0 Å². The van der Waals surface area contributed by atoms with Crippen LogP contribution in [-0.4, -0.2) is 86.9 Å². The number of rotatable bonds is 19. The van der Waals surface area contributed by atoms with Crippen LogP contribution in [0.3, 0.4) is 0 Å². The van der Waals surface area contributed by atoms with Gasteiger partial charge in [0.25, 0.3) is 0 Å². The fourth-order valence-electron chi connectivity index (χ4n) is 5.00. The van der Waals surface area contributed by atoms with Crippen LogP contribution < -0.4 is 15.4 Å². The molecule has 3 amide bonds. The molecule has 2 unspecified atom stereocenters. The van der Waals surface area contributed by atoms with Crippen molar-refractivity contribution in [1.82, 2.24) is 25.2 Å². The second-order valence-corrected chi connectivity index (χ2v) is 14.0. The maximum absolute atomic E-state index is 14.2. The predicted octanol–water partition coefficient (Wildman–Crippen LogP) is 4.08. The highest BCUT2D eigenvalue weighted by atomic mass is 35.5. The Labute approximate surface area is 302 Å². The van der Waals surface area contributed by atoms with Gasteiger partial charge in [-0.1, -0.05) is 59.6 Å². The number of hydrogen-bond donors (Lipinski definition) is 3. The first kappa shape index (κ1) is 39.0. The number of nitrogens with one attached hydrogen (secondary N) is 3. The van der Waals surface area contributed by atoms with Crippen molar-refractivity contribution in [3.8, 4) is 0 Å². The highest BCUT2D eigenvalue weighted by Crippen LogP contribution is 2.29. The number of carbonyl (C=O) groups excluding carboxylic acids is 3. The van der Waals surface area contributed by atoms with Crippen LogP contribution in [0.5, 0.6) is 0 Å². The SMILES string of the molecule is CCOC(CN(C(=O)C(Cc1cccnc1)NC(=O)C(CNS(=O)(=O)c1ccc(Cl)cc1Cl)NC(=O)OCc1ccccc1)C1CC1)OCC. The van der Waals surface area contributed by atoms with Crippen LogP contribution in [0.15, 0.2) is 78.0 Å². The average Bonchev–Trinajstić information content (AvgIpc) is 3.94. The summed E-state index contributed by atoms with van der Waals surface area (Å²) in [5.41, 5.74) is 1.36. The van der Waals surface area contributed by atoms with E-state index in [9.17, 15) is 22.8 Å². The maximum Gasteiger partial charge on any atom is 0.408 e. The summed E-state index contributed by atoms with van der Waals surface area (Å²) in [5, 5.41) is 5.28. The average molecular weight is 751 g/mol. The van der Waals surface area contributed by atoms with E-state index in [1.165, 1.54) is 18.2 Å². The van der Waals surface area contributed by atoms with Crippen LogP contribution in [0.2, 0.25) is 10.0 Å². The van der Waals surface area contributed by atoms with Crippen molar-refractivity contribution in [2.24, 2.45) is 0 Å². The number of carbonyl (C=O) groups is 3. The summed E-state index contributed by atoms with van der Waals surface area (Å²) in [7, 11) is -4.29. The Hall–Kier alpha value is -3.79. The molecule has 1 aliphatic rings. The zero-order chi connectivity index (χ0) is 36.1. The molecular weight excluding hydrogens is 709 g/mol. The molecule has 2 atom stereocenters. The van der Waals surface area contributed by atoms with E-state index in [-0.39, 0.29) is 40.6 Å². The van der Waals surface area contributed by atoms with E-state index in [0.29, 0.717) is 24.3 Å². The lowest BCUT2D eigenvalue weighted by Crippen LogP contribution is -2.58. The van der Waals surface area contributed by atoms with E-state index in [1.807, 2.05) is 19.9 Å². The van der Waals surface area contributed by atoms with Crippen molar-refractivity contribution in [3.05, 3.63) is 94.2 Å². The van der Waals surface area contributed by atoms with Gasteiger partial charge in [-0.3, -0.25) is 14.6 Å². The molecular formula is C34H41Cl2N5O8S. The van der Waals surface area contributed by atoms with Gasteiger partial charge in [0, 0.05) is 49.6 Å². The molecule has 2 aromatic carbocycles. The quantitative estimate of drug-likeness (QED) is 0.153. The molecule has 1 saturated carbocycles. The number of pyridine rings is 1. The van der Waals surface area contributed by atoms with Gasteiger partial charge < -0.3 is 29.7 Å². The number of ether oxygens (including phenoxy) is 3. The van der Waals surface area contributed by atoms with Crippen LogP contribution in [0.1, 0.15) is 37.8 Å². The van der Waals surface area contributed by atoms with Gasteiger partial charge in [0.05, 0.1) is 11.6 Å². The van der Waals surface area contributed by atoms with Crippen molar-refractivity contribution < 1.29 is 37.0 Å². The molecule has 0 saturated heterocycles. The van der Waals surface area contributed by atoms with Gasteiger partial charge in [-0.25, -0.2) is 17.9 Å². The first-order valence-electron chi connectivity index (χ1n) is 16.2. The summed E-state index contributed by atoms with van der Waals surface area (Å²) in [5.74, 6) is -1.23. The molecule has 1 aliphatic carbocycles. The van der Waals surface area contributed by atoms with Crippen LogP contribution in [0.25, 0.3) is 0 Å². The third kappa shape index (κ3) is 11.9. The molecule has 0 bridgehead atoms. The van der Waals surface area contributed by atoms with Gasteiger partial charge >= 0.3 is 6.09 Å². The molecule has 0 radical (unpaired) electrons. The number of sulfonamides is 1. The van der Waals surface area contributed by atoms with Crippen LogP contribution in [-0.2, 0) is 46.9 Å². The molecule has 270 valence electrons. The minimum Gasteiger partial charge on any atom is -0.445 e. The van der Waals surface area contributed by atoms with Crippen molar-refractivity contribution in [2.75, 3.05) is 26.3 Å². The topological polar surface area (TPSA) is 165 Å². The first-order chi connectivity index (χ1) is 24.0. The van der Waals surface area contributed by atoms with Gasteiger partial charge in [-0.05, 0) is 62.1 Å². The van der Waals surface area contributed by atoms with Crippen molar-refractivity contribution in [3.63, 3.8) is 0 Å². The molecule has 13 nitrogen and oxygen atoms in total. The number of aromatic nitrogens is 1. The Morgan fingerprint density at radius 1 is 0.940 bits per heavy atom. The number of amides is 3. The number of benzene rings is 2. The van der Waals surface area contributed by atoms with Crippen LogP contribution >= 0.6 is 23.2 Å². The summed E-state index contributed by atoms with van der Waals surface area (Å²) < 4.78 is 45.5. The number of alkyl carbamates (subject to hydrolysis) is 1. The second kappa shape index (κ2) is 19.0. The van der Waals surface area contributed by atoms with E-state index < -0.39 is 52.8 Å². The number of nitrogens with zero attached hydrogens (tertiary/aromatic N) is 2. The molecule has 4 rings (SSSR count). The minimum absolute atomic E-state index is 0.0624. The largest absolute Gasteiger partial charge is 0.445 e. The maximum atomic E-state index is 14.2. The number of hydrogen-bond acceptors (Lipinski definition) is 9. The summed E-state index contributed by atoms with van der Waals surface area (Å²) >= 11 is 12.1. The highest BCUT2D eigenvalue weighted by Gasteiger charge is 2.39. The molecule has 0 spiro atoms. The van der Waals surface area contributed by atoms with Crippen LogP contribution in [0, 0.1) is 0 Å². The molecule has 3 aromatic rings. The van der Waals surface area contributed by atoms with E-state index in [4.69, 9.17) is 37.4 Å². The Kier molecular flexibility index (Phi) is 14.8. The Morgan fingerprint density at radius 3 is 2.26 bits per heavy atom. The zero-order valence-electron chi connectivity index (χ0n) is 27.7. The molecule has 1 heterocycles. The van der Waals surface area contributed by atoms with Gasteiger partial charge in [0.2, 0.25) is 21.8 Å². The van der Waals surface area contributed by atoms with Gasteiger partial charge in [0.15, 0.2) is 6.29 Å². The van der Waals surface area contributed by atoms with E-state index in [2.05, 4.69) is 20.3 Å². The third-order valence-corrected chi connectivity index (χ3v) is 9.72. The summed E-state index contributed by atoms with van der Waals surface area (Å²) in [6, 6.07) is 13.5. The normalized spacial score (nSPS) is 14.1. The summed E-state index contributed by atoms with van der Waals surface area (Å²) in [6.07, 6.45) is 3.12. The Balaban J connectivity index is 1.58. The van der Waals surface area contributed by atoms with E-state index >= 15 is 0 Å². The predicted molar refractivity (Wildman–Crippen MR) is 187 cm³/mol. The molecule has 16 heteroatoms. The molecule has 1 aromatic heterocycles. The van der Waals surface area contributed by atoms with Crippen LogP contribution in [0.4, 0.5) is 4.79 Å². The molecule has 50 heavy (non-hydrogen) atoms. The molecule has 0 aliphatic heterocycles. The van der Waals surface area contributed by atoms with Gasteiger partial charge in [0.1, 0.15) is 23.6 Å². The lowest BCUT2D eigenvalue weighted by atomic mass is 10.1. The Morgan fingerprint density at radius 2 is 1.64 bits per heavy atom. The minimum atomic E-state index is -4.29. The highest BCUT2D eigenvalue weighted by molar-refractivity contribution is 7.89. The van der Waals surface area contributed by atoms with Crippen molar-refractivity contribution >= 4 is 51.1 Å². The van der Waals surface area contributed by atoms with Gasteiger partial charge in [-0.15, -0.1) is 0 Å². The lowest BCUT2D eigenvalue weighted by Gasteiger charge is -2.31. The first-order valence-corrected chi connectivity index (χ1v) is 18.4. The van der Waals surface area contributed by atoms with E-state index in [1.54, 1.807) is 53.7 Å². The summed E-state index contributed by atoms with van der Waals surface area (Å²) in [6.45, 7) is 3.83. The smallest absolute Gasteiger partial charge is 0.408 e. The fourth-order valence-corrected chi connectivity index (χ4v) is 6.82. The zero-order valence-corrected chi connectivity index (χ0v) is 30.0. The number of halogens is 2. The van der Waals surface area contributed by atoms with Crippen molar-refractivity contribution in [2.45, 2.75) is 69.0 Å². The van der Waals surface area contributed by atoms with E-state index in [0.717, 1.165) is 12.8 Å². The molecule has 3 N–H and O–H groups in total. The Bertz CT molecular complexity index is 1680. The third-order valence-electron chi connectivity index (χ3n) is 7.58.